The smallest absolute Gasteiger partial charge is 0.137 e. The van der Waals surface area contributed by atoms with Gasteiger partial charge >= 0.3 is 0 Å². The van der Waals surface area contributed by atoms with Crippen molar-refractivity contribution < 1.29 is 4.21 Å². The van der Waals surface area contributed by atoms with Crippen LogP contribution in [-0.2, 0) is 11.0 Å². The Bertz CT molecular complexity index is 480. The fraction of sp³-hybridized carbons (Fsp3) is 0.125. The molecular formula is C8H7BrN2OS. The zero-order valence-electron chi connectivity index (χ0n) is 6.90. The summed E-state index contributed by atoms with van der Waals surface area (Å²) in [5.74, 6) is 0. The average molecular weight is 259 g/mol. The Labute approximate surface area is 86.5 Å². The molecule has 0 fully saturated rings. The van der Waals surface area contributed by atoms with Gasteiger partial charge in [0.1, 0.15) is 11.0 Å². The molecule has 0 radical (unpaired) electrons. The first-order valence-electron chi connectivity index (χ1n) is 3.66. The Morgan fingerprint density at radius 2 is 2.31 bits per heavy atom. The third-order valence-electron chi connectivity index (χ3n) is 1.77. The van der Waals surface area contributed by atoms with Crippen LogP contribution in [0.3, 0.4) is 0 Å². The second kappa shape index (κ2) is 3.23. The molecule has 1 heterocycles. The summed E-state index contributed by atoms with van der Waals surface area (Å²) in [6.45, 7) is 0. The van der Waals surface area contributed by atoms with Gasteiger partial charge in [-0.05, 0) is 12.1 Å². The largest absolute Gasteiger partial charge is 0.235 e. The highest BCUT2D eigenvalue weighted by Crippen LogP contribution is 2.23. The summed E-state index contributed by atoms with van der Waals surface area (Å²) in [5.41, 5.74) is 0.884. The van der Waals surface area contributed by atoms with Gasteiger partial charge in [0.05, 0.1) is 11.7 Å². The lowest BCUT2D eigenvalue weighted by atomic mass is 10.3. The summed E-state index contributed by atoms with van der Waals surface area (Å²) < 4.78 is 13.7. The quantitative estimate of drug-likeness (QED) is 0.784. The first-order chi connectivity index (χ1) is 6.20. The summed E-state index contributed by atoms with van der Waals surface area (Å²) >= 11 is 3.41. The Morgan fingerprint density at radius 1 is 1.54 bits per heavy atom. The maximum absolute atomic E-state index is 11.2. The lowest BCUT2D eigenvalue weighted by Crippen LogP contribution is -2.02. The summed E-state index contributed by atoms with van der Waals surface area (Å²) in [6.07, 6.45) is 3.31. The molecule has 0 aliphatic heterocycles. The second-order valence-corrected chi connectivity index (χ2v) is 4.66. The van der Waals surface area contributed by atoms with E-state index in [1.54, 1.807) is 12.5 Å². The lowest BCUT2D eigenvalue weighted by molar-refractivity contribution is 0.677. The maximum atomic E-state index is 11.2. The monoisotopic (exact) mass is 258 g/mol. The van der Waals surface area contributed by atoms with E-state index in [1.165, 1.54) is 4.09 Å². The van der Waals surface area contributed by atoms with Gasteiger partial charge in [0.2, 0.25) is 0 Å². The minimum Gasteiger partial charge on any atom is -0.235 e. The van der Waals surface area contributed by atoms with E-state index in [2.05, 4.69) is 21.0 Å². The van der Waals surface area contributed by atoms with Crippen LogP contribution in [0.2, 0.25) is 0 Å². The van der Waals surface area contributed by atoms with Crippen molar-refractivity contribution >= 4 is 37.8 Å². The Balaban J connectivity index is 2.83. The molecule has 13 heavy (non-hydrogen) atoms. The van der Waals surface area contributed by atoms with Crippen LogP contribution in [0, 0.1) is 0 Å². The number of hydrogen-bond donors (Lipinski definition) is 0. The van der Waals surface area contributed by atoms with Crippen LogP contribution in [0.4, 0.5) is 0 Å². The maximum Gasteiger partial charge on any atom is 0.137 e. The van der Waals surface area contributed by atoms with Crippen molar-refractivity contribution in [3.63, 3.8) is 0 Å². The highest BCUT2D eigenvalue weighted by molar-refractivity contribution is 9.10. The van der Waals surface area contributed by atoms with Crippen LogP contribution in [0.25, 0.3) is 10.9 Å². The summed E-state index contributed by atoms with van der Waals surface area (Å²) in [5, 5.41) is 5.03. The summed E-state index contributed by atoms with van der Waals surface area (Å²) in [7, 11) is -1.10. The predicted octanol–water partition coefficient (Wildman–Crippen LogP) is 1.94. The van der Waals surface area contributed by atoms with Crippen LogP contribution in [0.1, 0.15) is 0 Å². The van der Waals surface area contributed by atoms with Gasteiger partial charge in [-0.2, -0.15) is 9.19 Å². The highest BCUT2D eigenvalue weighted by atomic mass is 79.9. The van der Waals surface area contributed by atoms with Gasteiger partial charge < -0.3 is 0 Å². The first kappa shape index (κ1) is 8.90. The van der Waals surface area contributed by atoms with E-state index in [9.17, 15) is 4.21 Å². The van der Waals surface area contributed by atoms with Crippen molar-refractivity contribution in [2.24, 2.45) is 0 Å². The van der Waals surface area contributed by atoms with Crippen molar-refractivity contribution in [2.45, 2.75) is 0 Å². The molecule has 0 saturated heterocycles. The molecular weight excluding hydrogens is 252 g/mol. The van der Waals surface area contributed by atoms with E-state index < -0.39 is 11.0 Å². The lowest BCUT2D eigenvalue weighted by Gasteiger charge is -1.97. The van der Waals surface area contributed by atoms with E-state index in [0.29, 0.717) is 0 Å². The van der Waals surface area contributed by atoms with Crippen LogP contribution in [0.15, 0.2) is 28.9 Å². The first-order valence-corrected chi connectivity index (χ1v) is 5.97. The zero-order valence-corrected chi connectivity index (χ0v) is 9.30. The molecule has 5 heteroatoms. The molecule has 0 bridgehead atoms. The minimum absolute atomic E-state index is 0.884. The average Bonchev–Trinajstić information content (AvgIpc) is 2.48. The molecule has 0 saturated carbocycles. The van der Waals surface area contributed by atoms with Gasteiger partial charge in [0, 0.05) is 16.1 Å². The van der Waals surface area contributed by atoms with Crippen LogP contribution >= 0.6 is 15.9 Å². The fourth-order valence-corrected chi connectivity index (χ4v) is 2.27. The van der Waals surface area contributed by atoms with Gasteiger partial charge in [-0.15, -0.1) is 0 Å². The second-order valence-electron chi connectivity index (χ2n) is 2.61. The van der Waals surface area contributed by atoms with Crippen molar-refractivity contribution in [3.8, 4) is 0 Å². The molecule has 0 aliphatic rings. The zero-order chi connectivity index (χ0) is 9.42. The van der Waals surface area contributed by atoms with Crippen molar-refractivity contribution in [1.29, 1.82) is 0 Å². The Morgan fingerprint density at radius 3 is 3.00 bits per heavy atom. The van der Waals surface area contributed by atoms with Crippen molar-refractivity contribution in [1.82, 2.24) is 9.19 Å². The Hall–Kier alpha value is -0.680. The summed E-state index contributed by atoms with van der Waals surface area (Å²) in [4.78, 5) is 0. The van der Waals surface area contributed by atoms with E-state index in [0.717, 1.165) is 15.4 Å². The third-order valence-corrected chi connectivity index (χ3v) is 3.24. The van der Waals surface area contributed by atoms with E-state index in [1.807, 2.05) is 18.2 Å². The molecule has 0 amide bonds. The molecule has 1 aromatic heterocycles. The topological polar surface area (TPSA) is 34.9 Å². The molecule has 0 aliphatic carbocycles. The number of halogens is 1. The normalized spacial score (nSPS) is 13.4. The summed E-state index contributed by atoms with van der Waals surface area (Å²) in [6, 6.07) is 5.74. The molecule has 1 unspecified atom stereocenters. The Kier molecular flexibility index (Phi) is 2.21. The van der Waals surface area contributed by atoms with Gasteiger partial charge in [0.15, 0.2) is 0 Å². The number of hydrogen-bond acceptors (Lipinski definition) is 2. The molecule has 0 spiro atoms. The molecule has 2 rings (SSSR count). The van der Waals surface area contributed by atoms with Crippen LogP contribution in [-0.4, -0.2) is 19.7 Å². The van der Waals surface area contributed by atoms with Gasteiger partial charge in [-0.1, -0.05) is 22.0 Å². The predicted molar refractivity (Wildman–Crippen MR) is 56.9 cm³/mol. The molecule has 0 N–H and O–H groups in total. The minimum atomic E-state index is -1.10. The molecule has 3 nitrogen and oxygen atoms in total. The van der Waals surface area contributed by atoms with Gasteiger partial charge in [-0.25, -0.2) is 4.21 Å². The SMILES string of the molecule is CS(=O)n1ncc2c(Br)cccc21. The highest BCUT2D eigenvalue weighted by Gasteiger charge is 2.06. The number of benzene rings is 1. The molecule has 1 aromatic carbocycles. The number of rotatable bonds is 1. The van der Waals surface area contributed by atoms with Crippen LogP contribution in [0.5, 0.6) is 0 Å². The van der Waals surface area contributed by atoms with Crippen LogP contribution < -0.4 is 0 Å². The molecule has 1 atom stereocenters. The standard InChI is InChI=1S/C8H7BrN2OS/c1-13(12)11-8-4-2-3-7(9)6(8)5-10-11/h2-5H,1H3. The van der Waals surface area contributed by atoms with Crippen molar-refractivity contribution in [3.05, 3.63) is 28.9 Å². The number of aromatic nitrogens is 2. The van der Waals surface area contributed by atoms with Crippen molar-refractivity contribution in [2.75, 3.05) is 6.26 Å². The molecule has 68 valence electrons. The fourth-order valence-electron chi connectivity index (χ4n) is 1.20. The van der Waals surface area contributed by atoms with E-state index >= 15 is 0 Å². The number of fused-ring (bicyclic) bond motifs is 1. The van der Waals surface area contributed by atoms with E-state index in [-0.39, 0.29) is 0 Å². The third kappa shape index (κ3) is 1.42. The van der Waals surface area contributed by atoms with Gasteiger partial charge in [-0.3, -0.25) is 0 Å². The van der Waals surface area contributed by atoms with E-state index in [4.69, 9.17) is 0 Å². The number of nitrogens with zero attached hydrogens (tertiary/aromatic N) is 2. The molecule has 2 aromatic rings. The van der Waals surface area contributed by atoms with Gasteiger partial charge in [0.25, 0.3) is 0 Å².